The van der Waals surface area contributed by atoms with Crippen LogP contribution in [0.25, 0.3) is 0 Å². The van der Waals surface area contributed by atoms with Crippen molar-refractivity contribution in [2.24, 2.45) is 4.99 Å². The van der Waals surface area contributed by atoms with Crippen molar-refractivity contribution in [3.8, 4) is 17.2 Å². The first-order valence-corrected chi connectivity index (χ1v) is 9.15. The largest absolute Gasteiger partial charge is 0.493 e. The Hall–Kier alpha value is -1.75. The van der Waals surface area contributed by atoms with E-state index in [1.807, 2.05) is 32.2 Å². The maximum atomic E-state index is 5.39. The minimum atomic E-state index is 0. The highest BCUT2D eigenvalue weighted by Gasteiger charge is 2.13. The molecule has 1 aromatic carbocycles. The zero-order valence-electron chi connectivity index (χ0n) is 16.3. The van der Waals surface area contributed by atoms with Gasteiger partial charge in [-0.15, -0.1) is 35.3 Å². The van der Waals surface area contributed by atoms with Crippen molar-refractivity contribution in [3.05, 3.63) is 33.8 Å². The predicted octanol–water partition coefficient (Wildman–Crippen LogP) is 3.35. The Balaban J connectivity index is 0.00000364. The lowest BCUT2D eigenvalue weighted by molar-refractivity contribution is 0.324. The van der Waals surface area contributed by atoms with E-state index in [0.29, 0.717) is 30.3 Å². The zero-order chi connectivity index (χ0) is 18.9. The van der Waals surface area contributed by atoms with Crippen LogP contribution in [0.1, 0.15) is 22.4 Å². The van der Waals surface area contributed by atoms with Crippen LogP contribution in [0.3, 0.4) is 0 Å². The van der Waals surface area contributed by atoms with Crippen LogP contribution in [0, 0.1) is 6.92 Å². The summed E-state index contributed by atoms with van der Waals surface area (Å²) in [6.07, 6.45) is 1.88. The number of methoxy groups -OCH3 is 3. The van der Waals surface area contributed by atoms with Crippen LogP contribution in [0.4, 0.5) is 0 Å². The second-order valence-electron chi connectivity index (χ2n) is 5.43. The van der Waals surface area contributed by atoms with E-state index in [1.54, 1.807) is 32.7 Å². The molecule has 0 spiro atoms. The molecule has 0 saturated heterocycles. The molecule has 0 unspecified atom stereocenters. The number of nitrogens with one attached hydrogen (secondary N) is 2. The average Bonchev–Trinajstić information content (AvgIpc) is 3.08. The first-order valence-electron chi connectivity index (χ1n) is 8.33. The van der Waals surface area contributed by atoms with E-state index in [9.17, 15) is 0 Å². The fourth-order valence-corrected chi connectivity index (χ4v) is 3.13. The number of rotatable bonds is 8. The topological polar surface area (TPSA) is 77.0 Å². The molecule has 1 heterocycles. The molecule has 0 radical (unpaired) electrons. The molecule has 0 bridgehead atoms. The number of guanidine groups is 1. The van der Waals surface area contributed by atoms with E-state index in [0.717, 1.165) is 23.1 Å². The van der Waals surface area contributed by atoms with E-state index in [1.165, 1.54) is 4.88 Å². The normalized spacial score (nSPS) is 10.8. The van der Waals surface area contributed by atoms with Gasteiger partial charge in [-0.2, -0.15) is 0 Å². The molecule has 1 aromatic heterocycles. The van der Waals surface area contributed by atoms with Gasteiger partial charge in [0.1, 0.15) is 0 Å². The number of hydrogen-bond donors (Lipinski definition) is 2. The highest BCUT2D eigenvalue weighted by molar-refractivity contribution is 14.0. The Bertz CT molecular complexity index is 727. The summed E-state index contributed by atoms with van der Waals surface area (Å²) in [4.78, 5) is 10.1. The summed E-state index contributed by atoms with van der Waals surface area (Å²) in [5, 5.41) is 7.62. The lowest BCUT2D eigenvalue weighted by Crippen LogP contribution is -2.36. The van der Waals surface area contributed by atoms with Gasteiger partial charge >= 0.3 is 0 Å². The molecule has 9 heteroatoms. The molecule has 2 aromatic rings. The maximum absolute atomic E-state index is 5.39. The van der Waals surface area contributed by atoms with Gasteiger partial charge in [0.05, 0.1) is 39.4 Å². The van der Waals surface area contributed by atoms with E-state index in [4.69, 9.17) is 14.2 Å². The minimum Gasteiger partial charge on any atom is -0.493 e. The van der Waals surface area contributed by atoms with Crippen LogP contribution in [0.5, 0.6) is 17.2 Å². The molecule has 0 saturated carbocycles. The van der Waals surface area contributed by atoms with Crippen molar-refractivity contribution < 1.29 is 14.2 Å². The second kappa shape index (κ2) is 11.9. The predicted molar refractivity (Wildman–Crippen MR) is 120 cm³/mol. The molecule has 2 N–H and O–H groups in total. The molecule has 27 heavy (non-hydrogen) atoms. The Kier molecular flexibility index (Phi) is 10.2. The zero-order valence-corrected chi connectivity index (χ0v) is 19.4. The van der Waals surface area contributed by atoms with Gasteiger partial charge in [-0.3, -0.25) is 0 Å². The number of hydrogen-bond acceptors (Lipinski definition) is 6. The van der Waals surface area contributed by atoms with Crippen molar-refractivity contribution in [3.63, 3.8) is 0 Å². The maximum Gasteiger partial charge on any atom is 0.203 e. The average molecular weight is 506 g/mol. The molecule has 0 fully saturated rings. The summed E-state index contributed by atoms with van der Waals surface area (Å²) in [5.74, 6) is 2.56. The molecule has 150 valence electrons. The quantitative estimate of drug-likeness (QED) is 0.325. The number of ether oxygens (including phenoxy) is 3. The third-order valence-electron chi connectivity index (χ3n) is 3.59. The highest BCUT2D eigenvalue weighted by atomic mass is 127. The monoisotopic (exact) mass is 506 g/mol. The van der Waals surface area contributed by atoms with Crippen molar-refractivity contribution in [2.45, 2.75) is 26.9 Å². The second-order valence-corrected chi connectivity index (χ2v) is 6.75. The minimum absolute atomic E-state index is 0. The first-order chi connectivity index (χ1) is 12.6. The lowest BCUT2D eigenvalue weighted by Gasteiger charge is -2.14. The molecule has 7 nitrogen and oxygen atoms in total. The van der Waals surface area contributed by atoms with Crippen molar-refractivity contribution >= 4 is 41.3 Å². The lowest BCUT2D eigenvalue weighted by atomic mass is 10.2. The van der Waals surface area contributed by atoms with Crippen LogP contribution in [-0.2, 0) is 13.1 Å². The van der Waals surface area contributed by atoms with Crippen molar-refractivity contribution in [1.82, 2.24) is 15.6 Å². The van der Waals surface area contributed by atoms with E-state index < -0.39 is 0 Å². The van der Waals surface area contributed by atoms with E-state index in [-0.39, 0.29) is 24.0 Å². The summed E-state index contributed by atoms with van der Waals surface area (Å²) in [7, 11) is 4.80. The molecular weight excluding hydrogens is 479 g/mol. The van der Waals surface area contributed by atoms with Gasteiger partial charge in [-0.25, -0.2) is 9.98 Å². The van der Waals surface area contributed by atoms with Crippen molar-refractivity contribution in [2.75, 3.05) is 27.9 Å². The van der Waals surface area contributed by atoms with E-state index >= 15 is 0 Å². The molecule has 2 rings (SSSR count). The van der Waals surface area contributed by atoms with Crippen LogP contribution in [-0.4, -0.2) is 38.8 Å². The molecule has 0 aliphatic rings. The molecule has 0 aliphatic carbocycles. The molecular formula is C18H27IN4O3S. The standard InChI is InChI=1S/C18H26N4O3S.HI/c1-6-19-18(22-11-14-10-20-12(2)26-14)21-9-13-7-15(23-3)17(25-5)16(8-13)24-4;/h7-8,10H,6,9,11H2,1-5H3,(H2,19,21,22);1H. The van der Waals surface area contributed by atoms with Gasteiger partial charge in [0.25, 0.3) is 0 Å². The van der Waals surface area contributed by atoms with Gasteiger partial charge in [-0.05, 0) is 31.5 Å². The first kappa shape index (κ1) is 23.3. The van der Waals surface area contributed by atoms with Gasteiger partial charge in [0.2, 0.25) is 5.75 Å². The number of aromatic nitrogens is 1. The number of aryl methyl sites for hydroxylation is 1. The van der Waals surface area contributed by atoms with Gasteiger partial charge in [0, 0.05) is 17.6 Å². The van der Waals surface area contributed by atoms with Gasteiger partial charge < -0.3 is 24.8 Å². The van der Waals surface area contributed by atoms with Crippen LogP contribution in [0.15, 0.2) is 23.3 Å². The van der Waals surface area contributed by atoms with Crippen LogP contribution >= 0.6 is 35.3 Å². The number of benzene rings is 1. The van der Waals surface area contributed by atoms with Gasteiger partial charge in [-0.1, -0.05) is 0 Å². The van der Waals surface area contributed by atoms with Crippen molar-refractivity contribution in [1.29, 1.82) is 0 Å². The summed E-state index contributed by atoms with van der Waals surface area (Å²) in [6.45, 7) is 5.98. The smallest absolute Gasteiger partial charge is 0.203 e. The number of aliphatic imine (C=N–C) groups is 1. The van der Waals surface area contributed by atoms with E-state index in [2.05, 4.69) is 20.6 Å². The van der Waals surface area contributed by atoms with Crippen LogP contribution < -0.4 is 24.8 Å². The molecule has 0 atom stereocenters. The Labute approximate surface area is 181 Å². The fourth-order valence-electron chi connectivity index (χ4n) is 2.40. The Morgan fingerprint density at radius 3 is 2.26 bits per heavy atom. The third-order valence-corrected chi connectivity index (χ3v) is 4.50. The summed E-state index contributed by atoms with van der Waals surface area (Å²) < 4.78 is 16.1. The summed E-state index contributed by atoms with van der Waals surface area (Å²) in [6, 6.07) is 3.81. The third kappa shape index (κ3) is 6.73. The fraction of sp³-hybridized carbons (Fsp3) is 0.444. The Morgan fingerprint density at radius 2 is 1.78 bits per heavy atom. The summed E-state index contributed by atoms with van der Waals surface area (Å²) >= 11 is 1.67. The summed E-state index contributed by atoms with van der Waals surface area (Å²) in [5.41, 5.74) is 0.963. The highest BCUT2D eigenvalue weighted by Crippen LogP contribution is 2.38. The number of halogens is 1. The number of nitrogens with zero attached hydrogens (tertiary/aromatic N) is 2. The van der Waals surface area contributed by atoms with Crippen LogP contribution in [0.2, 0.25) is 0 Å². The molecule has 0 aliphatic heterocycles. The SMILES string of the molecule is CCNC(=NCc1cc(OC)c(OC)c(OC)c1)NCc1cnc(C)s1.I. The number of thiazole rings is 1. The molecule has 0 amide bonds. The van der Waals surface area contributed by atoms with Gasteiger partial charge in [0.15, 0.2) is 17.5 Å². The Morgan fingerprint density at radius 1 is 1.11 bits per heavy atom.